The molecule has 2 atom stereocenters. The van der Waals surface area contributed by atoms with Gasteiger partial charge in [-0.25, -0.2) is 8.42 Å². The van der Waals surface area contributed by atoms with E-state index in [1.165, 1.54) is 10.4 Å². The molecular weight excluding hydrogens is 288 g/mol. The number of piperidine rings is 1. The average Bonchev–Trinajstić information content (AvgIpc) is 2.47. The molecule has 2 unspecified atom stereocenters. The number of hydrogen-bond acceptors (Lipinski definition) is 4. The van der Waals surface area contributed by atoms with Crippen molar-refractivity contribution in [2.24, 2.45) is 5.92 Å². The van der Waals surface area contributed by atoms with Crippen molar-refractivity contribution in [1.29, 1.82) is 5.26 Å². The standard InChI is InChI=1S/C15H20N2O3S/c1-11-6-7-17(10-14(11)20-3)21(18,19)15-8-13(9-16)5-4-12(15)2/h4-5,8,11,14H,6-7,10H2,1-3H3. The van der Waals surface area contributed by atoms with E-state index in [1.54, 1.807) is 26.2 Å². The minimum atomic E-state index is -3.59. The van der Waals surface area contributed by atoms with Crippen LogP contribution in [0.3, 0.4) is 0 Å². The Morgan fingerprint density at radius 3 is 2.76 bits per heavy atom. The van der Waals surface area contributed by atoms with Crippen molar-refractivity contribution in [1.82, 2.24) is 4.31 Å². The van der Waals surface area contributed by atoms with Crippen LogP contribution in [0.2, 0.25) is 0 Å². The molecule has 1 aliphatic heterocycles. The number of ether oxygens (including phenoxy) is 1. The third-order valence-electron chi connectivity index (χ3n) is 4.09. The normalized spacial score (nSPS) is 23.7. The molecule has 0 bridgehead atoms. The minimum Gasteiger partial charge on any atom is -0.380 e. The number of nitriles is 1. The summed E-state index contributed by atoms with van der Waals surface area (Å²) in [6, 6.07) is 6.74. The SMILES string of the molecule is COC1CN(S(=O)(=O)c2cc(C#N)ccc2C)CCC1C. The first kappa shape index (κ1) is 16.0. The zero-order valence-electron chi connectivity index (χ0n) is 12.5. The summed E-state index contributed by atoms with van der Waals surface area (Å²) in [4.78, 5) is 0.214. The van der Waals surface area contributed by atoms with Gasteiger partial charge in [0.05, 0.1) is 22.6 Å². The van der Waals surface area contributed by atoms with Crippen LogP contribution in [0.1, 0.15) is 24.5 Å². The lowest BCUT2D eigenvalue weighted by molar-refractivity contribution is 0.0183. The fourth-order valence-corrected chi connectivity index (χ4v) is 4.34. The maximum absolute atomic E-state index is 12.8. The first-order valence-electron chi connectivity index (χ1n) is 6.94. The molecule has 0 amide bonds. The molecule has 1 saturated heterocycles. The Labute approximate surface area is 126 Å². The molecule has 0 saturated carbocycles. The van der Waals surface area contributed by atoms with Crippen molar-refractivity contribution >= 4 is 10.0 Å². The number of hydrogen-bond donors (Lipinski definition) is 0. The van der Waals surface area contributed by atoms with Gasteiger partial charge in [-0.1, -0.05) is 13.0 Å². The second-order valence-electron chi connectivity index (χ2n) is 5.50. The van der Waals surface area contributed by atoms with Crippen molar-refractivity contribution in [2.45, 2.75) is 31.3 Å². The van der Waals surface area contributed by atoms with Crippen molar-refractivity contribution in [3.05, 3.63) is 29.3 Å². The molecule has 21 heavy (non-hydrogen) atoms. The van der Waals surface area contributed by atoms with Gasteiger partial charge in [0.2, 0.25) is 10.0 Å². The van der Waals surface area contributed by atoms with Crippen molar-refractivity contribution < 1.29 is 13.2 Å². The molecule has 0 aromatic heterocycles. The fourth-order valence-electron chi connectivity index (χ4n) is 2.62. The van der Waals surface area contributed by atoms with E-state index in [2.05, 4.69) is 6.92 Å². The summed E-state index contributed by atoms with van der Waals surface area (Å²) >= 11 is 0. The van der Waals surface area contributed by atoms with Gasteiger partial charge in [0.1, 0.15) is 0 Å². The third kappa shape index (κ3) is 3.10. The van der Waals surface area contributed by atoms with E-state index in [1.807, 2.05) is 6.07 Å². The van der Waals surface area contributed by atoms with Crippen molar-refractivity contribution in [3.63, 3.8) is 0 Å². The van der Waals surface area contributed by atoms with Crippen molar-refractivity contribution in [2.75, 3.05) is 20.2 Å². The number of methoxy groups -OCH3 is 1. The Morgan fingerprint density at radius 2 is 2.14 bits per heavy atom. The van der Waals surface area contributed by atoms with E-state index in [0.29, 0.717) is 30.1 Å². The Kier molecular flexibility index (Phi) is 4.67. The highest BCUT2D eigenvalue weighted by Gasteiger charge is 2.34. The first-order valence-corrected chi connectivity index (χ1v) is 8.38. The number of nitrogens with zero attached hydrogens (tertiary/aromatic N) is 2. The van der Waals surface area contributed by atoms with Crippen LogP contribution in [-0.4, -0.2) is 39.0 Å². The van der Waals surface area contributed by atoms with Gasteiger partial charge in [-0.15, -0.1) is 0 Å². The maximum Gasteiger partial charge on any atom is 0.243 e. The largest absolute Gasteiger partial charge is 0.380 e. The van der Waals surface area contributed by atoms with E-state index in [9.17, 15) is 8.42 Å². The second kappa shape index (κ2) is 6.14. The quantitative estimate of drug-likeness (QED) is 0.855. The van der Waals surface area contributed by atoms with Crippen LogP contribution in [0.4, 0.5) is 0 Å². The summed E-state index contributed by atoms with van der Waals surface area (Å²) in [5, 5.41) is 8.97. The van der Waals surface area contributed by atoms with Gasteiger partial charge < -0.3 is 4.74 Å². The molecule has 1 aromatic carbocycles. The van der Waals surface area contributed by atoms with Crippen LogP contribution in [0.5, 0.6) is 0 Å². The smallest absolute Gasteiger partial charge is 0.243 e. The molecule has 5 nitrogen and oxygen atoms in total. The Hall–Kier alpha value is -1.42. The Bertz CT molecular complexity index is 664. The molecule has 0 N–H and O–H groups in total. The van der Waals surface area contributed by atoms with E-state index >= 15 is 0 Å². The summed E-state index contributed by atoms with van der Waals surface area (Å²) < 4.78 is 32.5. The zero-order valence-corrected chi connectivity index (χ0v) is 13.4. The number of sulfonamides is 1. The topological polar surface area (TPSA) is 70.4 Å². The molecular formula is C15H20N2O3S. The van der Waals surface area contributed by atoms with E-state index in [-0.39, 0.29) is 11.0 Å². The Balaban J connectivity index is 2.37. The zero-order chi connectivity index (χ0) is 15.6. The summed E-state index contributed by atoms with van der Waals surface area (Å²) in [5.41, 5.74) is 1.01. The molecule has 0 radical (unpaired) electrons. The lowest BCUT2D eigenvalue weighted by Gasteiger charge is -2.35. The minimum absolute atomic E-state index is 0.0898. The van der Waals surface area contributed by atoms with E-state index < -0.39 is 10.0 Å². The van der Waals surface area contributed by atoms with Gasteiger partial charge in [-0.05, 0) is 37.0 Å². The van der Waals surface area contributed by atoms with Crippen LogP contribution in [0.25, 0.3) is 0 Å². The predicted molar refractivity (Wildman–Crippen MR) is 79.2 cm³/mol. The second-order valence-corrected chi connectivity index (χ2v) is 7.40. The molecule has 1 heterocycles. The molecule has 0 spiro atoms. The summed E-state index contributed by atoms with van der Waals surface area (Å²) in [7, 11) is -1.98. The van der Waals surface area contributed by atoms with Gasteiger partial charge in [0.25, 0.3) is 0 Å². The summed E-state index contributed by atoms with van der Waals surface area (Å²) in [5.74, 6) is 0.341. The molecule has 1 fully saturated rings. The van der Waals surface area contributed by atoms with Crippen LogP contribution in [0.15, 0.2) is 23.1 Å². The fraction of sp³-hybridized carbons (Fsp3) is 0.533. The molecule has 114 valence electrons. The maximum atomic E-state index is 12.8. The number of rotatable bonds is 3. The summed E-state index contributed by atoms with van der Waals surface area (Å²) in [6.07, 6.45) is 0.683. The first-order chi connectivity index (χ1) is 9.90. The third-order valence-corrected chi connectivity index (χ3v) is 6.10. The molecule has 6 heteroatoms. The van der Waals surface area contributed by atoms with Gasteiger partial charge in [-0.2, -0.15) is 9.57 Å². The monoisotopic (exact) mass is 308 g/mol. The predicted octanol–water partition coefficient (Wildman–Crippen LogP) is 1.91. The van der Waals surface area contributed by atoms with Crippen LogP contribution in [0, 0.1) is 24.2 Å². The van der Waals surface area contributed by atoms with Crippen LogP contribution >= 0.6 is 0 Å². The number of benzene rings is 1. The number of aryl methyl sites for hydroxylation is 1. The molecule has 1 aliphatic rings. The van der Waals surface area contributed by atoms with Crippen molar-refractivity contribution in [3.8, 4) is 6.07 Å². The lowest BCUT2D eigenvalue weighted by atomic mass is 9.97. The highest BCUT2D eigenvalue weighted by molar-refractivity contribution is 7.89. The van der Waals surface area contributed by atoms with Crippen LogP contribution in [-0.2, 0) is 14.8 Å². The van der Waals surface area contributed by atoms with Gasteiger partial charge in [0.15, 0.2) is 0 Å². The van der Waals surface area contributed by atoms with Gasteiger partial charge in [-0.3, -0.25) is 0 Å². The van der Waals surface area contributed by atoms with Crippen LogP contribution < -0.4 is 0 Å². The summed E-state index contributed by atoms with van der Waals surface area (Å²) in [6.45, 7) is 4.66. The molecule has 2 rings (SSSR count). The highest BCUT2D eigenvalue weighted by atomic mass is 32.2. The molecule has 1 aromatic rings. The molecule has 0 aliphatic carbocycles. The highest BCUT2D eigenvalue weighted by Crippen LogP contribution is 2.27. The van der Waals surface area contributed by atoms with Gasteiger partial charge in [0, 0.05) is 20.2 Å². The Morgan fingerprint density at radius 1 is 1.43 bits per heavy atom. The van der Waals surface area contributed by atoms with E-state index in [0.717, 1.165) is 6.42 Å². The van der Waals surface area contributed by atoms with Gasteiger partial charge >= 0.3 is 0 Å². The average molecular weight is 308 g/mol. The lowest BCUT2D eigenvalue weighted by Crippen LogP contribution is -2.46. The van der Waals surface area contributed by atoms with E-state index in [4.69, 9.17) is 10.00 Å².